The topological polar surface area (TPSA) is 79.0 Å². The van der Waals surface area contributed by atoms with Crippen molar-refractivity contribution in [2.45, 2.75) is 95.7 Å². The number of nitrogens with zero attached hydrogens (tertiary/aromatic N) is 2. The van der Waals surface area contributed by atoms with Crippen LogP contribution in [0.2, 0.25) is 0 Å². The zero-order valence-corrected chi connectivity index (χ0v) is 22.6. The van der Waals surface area contributed by atoms with E-state index >= 15 is 0 Å². The van der Waals surface area contributed by atoms with Crippen molar-refractivity contribution in [2.75, 3.05) is 32.8 Å². The Morgan fingerprint density at radius 2 is 1.74 bits per heavy atom. The van der Waals surface area contributed by atoms with Gasteiger partial charge in [0.1, 0.15) is 0 Å². The number of benzene rings is 1. The van der Waals surface area contributed by atoms with Crippen LogP contribution >= 0.6 is 0 Å². The second-order valence-electron chi connectivity index (χ2n) is 11.0. The maximum Gasteiger partial charge on any atom is 0.254 e. The summed E-state index contributed by atoms with van der Waals surface area (Å²) < 4.78 is 33.8. The van der Waals surface area contributed by atoms with E-state index in [4.69, 9.17) is 4.74 Å². The molecule has 1 aromatic carbocycles. The van der Waals surface area contributed by atoms with Gasteiger partial charge in [0, 0.05) is 42.3 Å². The third kappa shape index (κ3) is 6.20. The van der Waals surface area contributed by atoms with E-state index in [0.717, 1.165) is 31.2 Å². The number of sulfonamides is 1. The highest BCUT2D eigenvalue weighted by atomic mass is 32.2. The van der Waals surface area contributed by atoms with E-state index in [1.807, 2.05) is 17.9 Å². The molecule has 192 valence electrons. The van der Waals surface area contributed by atoms with Crippen LogP contribution in [0.1, 0.15) is 83.1 Å². The van der Waals surface area contributed by atoms with E-state index in [1.165, 1.54) is 4.31 Å². The van der Waals surface area contributed by atoms with Crippen LogP contribution in [0.4, 0.5) is 0 Å². The number of carbonyl (C=O) groups excluding carboxylic acids is 1. The van der Waals surface area contributed by atoms with E-state index in [2.05, 4.69) is 39.9 Å². The fourth-order valence-corrected chi connectivity index (χ4v) is 7.31. The lowest BCUT2D eigenvalue weighted by Gasteiger charge is -2.49. The van der Waals surface area contributed by atoms with Crippen molar-refractivity contribution in [1.29, 1.82) is 0 Å². The minimum Gasteiger partial charge on any atom is -0.379 e. The predicted molar refractivity (Wildman–Crippen MR) is 136 cm³/mol. The van der Waals surface area contributed by atoms with Gasteiger partial charge in [0.15, 0.2) is 0 Å². The van der Waals surface area contributed by atoms with Gasteiger partial charge < -0.3 is 15.0 Å². The normalized spacial score (nSPS) is 21.4. The Bertz CT molecular complexity index is 952. The van der Waals surface area contributed by atoms with Crippen molar-refractivity contribution in [3.05, 3.63) is 29.3 Å². The Labute approximate surface area is 206 Å². The SMILES string of the molecule is CCCCN(C(=O)c1ccc(CC)c(S(=O)(=O)N2CCOCC2)c1)C1CC(C)(C)NC(C)(C)C1. The van der Waals surface area contributed by atoms with Crippen LogP contribution < -0.4 is 5.32 Å². The molecule has 34 heavy (non-hydrogen) atoms. The molecule has 0 atom stereocenters. The summed E-state index contributed by atoms with van der Waals surface area (Å²) in [4.78, 5) is 16.2. The lowest BCUT2D eigenvalue weighted by molar-refractivity contribution is 0.0441. The molecule has 0 radical (unpaired) electrons. The van der Waals surface area contributed by atoms with Crippen molar-refractivity contribution in [3.8, 4) is 0 Å². The Balaban J connectivity index is 1.97. The lowest BCUT2D eigenvalue weighted by Crippen LogP contribution is -2.62. The van der Waals surface area contributed by atoms with Crippen LogP contribution in [0.3, 0.4) is 0 Å². The minimum atomic E-state index is -3.69. The fraction of sp³-hybridized carbons (Fsp3) is 0.731. The zero-order chi connectivity index (χ0) is 25.1. The number of hydrogen-bond acceptors (Lipinski definition) is 5. The summed E-state index contributed by atoms with van der Waals surface area (Å²) in [7, 11) is -3.69. The van der Waals surface area contributed by atoms with E-state index in [9.17, 15) is 13.2 Å². The van der Waals surface area contributed by atoms with Gasteiger partial charge in [0.2, 0.25) is 10.0 Å². The van der Waals surface area contributed by atoms with Gasteiger partial charge in [-0.1, -0.05) is 26.3 Å². The number of unbranched alkanes of at least 4 members (excludes halogenated alkanes) is 1. The minimum absolute atomic E-state index is 0.0759. The average Bonchev–Trinajstić information content (AvgIpc) is 2.77. The van der Waals surface area contributed by atoms with Crippen molar-refractivity contribution in [3.63, 3.8) is 0 Å². The summed E-state index contributed by atoms with van der Waals surface area (Å²) in [5.41, 5.74) is 1.02. The molecule has 0 aliphatic carbocycles. The van der Waals surface area contributed by atoms with Gasteiger partial charge in [0.05, 0.1) is 18.1 Å². The first kappa shape index (κ1) is 27.1. The van der Waals surface area contributed by atoms with Gasteiger partial charge >= 0.3 is 0 Å². The fourth-order valence-electron chi connectivity index (χ4n) is 5.58. The van der Waals surface area contributed by atoms with Crippen LogP contribution in [0, 0.1) is 0 Å². The van der Waals surface area contributed by atoms with Gasteiger partial charge in [0.25, 0.3) is 5.91 Å². The van der Waals surface area contributed by atoms with Gasteiger partial charge in [-0.15, -0.1) is 0 Å². The van der Waals surface area contributed by atoms with Crippen LogP contribution in [-0.4, -0.2) is 73.5 Å². The third-order valence-electron chi connectivity index (χ3n) is 6.91. The molecule has 2 fully saturated rings. The van der Waals surface area contributed by atoms with Crippen LogP contribution in [-0.2, 0) is 21.2 Å². The first-order valence-electron chi connectivity index (χ1n) is 12.7. The molecule has 1 aromatic rings. The monoisotopic (exact) mass is 493 g/mol. The Morgan fingerprint density at radius 3 is 2.29 bits per heavy atom. The number of aryl methyl sites for hydroxylation is 1. The molecule has 7 nitrogen and oxygen atoms in total. The highest BCUT2D eigenvalue weighted by Crippen LogP contribution is 2.33. The number of nitrogens with one attached hydrogen (secondary N) is 1. The molecule has 8 heteroatoms. The molecule has 0 unspecified atom stereocenters. The van der Waals surface area contributed by atoms with Crippen LogP contribution in [0.25, 0.3) is 0 Å². The van der Waals surface area contributed by atoms with Gasteiger partial charge in [-0.3, -0.25) is 4.79 Å². The molecule has 0 bridgehead atoms. The van der Waals surface area contributed by atoms with Crippen molar-refractivity contribution >= 4 is 15.9 Å². The summed E-state index contributed by atoms with van der Waals surface area (Å²) in [5.74, 6) is -0.0759. The average molecular weight is 494 g/mol. The van der Waals surface area contributed by atoms with Gasteiger partial charge in [-0.2, -0.15) is 4.31 Å². The molecule has 0 saturated carbocycles. The maximum absolute atomic E-state index is 13.9. The molecule has 2 aliphatic heterocycles. The van der Waals surface area contributed by atoms with E-state index in [1.54, 1.807) is 12.1 Å². The van der Waals surface area contributed by atoms with Crippen molar-refractivity contribution in [1.82, 2.24) is 14.5 Å². The van der Waals surface area contributed by atoms with E-state index in [0.29, 0.717) is 44.8 Å². The molecule has 0 spiro atoms. The van der Waals surface area contributed by atoms with Crippen molar-refractivity contribution < 1.29 is 17.9 Å². The molecule has 2 aliphatic rings. The Kier molecular flexibility index (Phi) is 8.49. The molecule has 2 heterocycles. The third-order valence-corrected chi connectivity index (χ3v) is 8.89. The second kappa shape index (κ2) is 10.6. The Hall–Kier alpha value is -1.48. The molecular weight excluding hydrogens is 450 g/mol. The smallest absolute Gasteiger partial charge is 0.254 e. The lowest BCUT2D eigenvalue weighted by atomic mass is 9.78. The van der Waals surface area contributed by atoms with Crippen LogP contribution in [0.5, 0.6) is 0 Å². The summed E-state index contributed by atoms with van der Waals surface area (Å²) in [6.07, 6.45) is 4.22. The quantitative estimate of drug-likeness (QED) is 0.596. The largest absolute Gasteiger partial charge is 0.379 e. The Morgan fingerprint density at radius 1 is 1.12 bits per heavy atom. The van der Waals surface area contributed by atoms with Gasteiger partial charge in [-0.25, -0.2) is 8.42 Å². The highest BCUT2D eigenvalue weighted by molar-refractivity contribution is 7.89. The zero-order valence-electron chi connectivity index (χ0n) is 21.8. The van der Waals surface area contributed by atoms with E-state index < -0.39 is 10.0 Å². The standard InChI is InChI=1S/C26H43N3O4S/c1-7-9-12-29(22-18-25(3,4)27-26(5,6)19-22)24(30)21-11-10-20(8-2)23(17-21)34(31,32)28-13-15-33-16-14-28/h10-11,17,22,27H,7-9,12-16,18-19H2,1-6H3. The van der Waals surface area contributed by atoms with Crippen LogP contribution in [0.15, 0.2) is 23.1 Å². The molecule has 3 rings (SSSR count). The molecule has 2 saturated heterocycles. The summed E-state index contributed by atoms with van der Waals surface area (Å²) >= 11 is 0. The first-order chi connectivity index (χ1) is 15.9. The molecule has 0 aromatic heterocycles. The number of carbonyl (C=O) groups is 1. The number of hydrogen-bond donors (Lipinski definition) is 1. The molecule has 1 amide bonds. The predicted octanol–water partition coefficient (Wildman–Crippen LogP) is 3.82. The summed E-state index contributed by atoms with van der Waals surface area (Å²) in [5, 5.41) is 3.70. The van der Waals surface area contributed by atoms with Crippen molar-refractivity contribution in [2.24, 2.45) is 0 Å². The number of rotatable bonds is 8. The summed E-state index contributed by atoms with van der Waals surface area (Å²) in [6, 6.07) is 5.32. The molecular formula is C26H43N3O4S. The first-order valence-corrected chi connectivity index (χ1v) is 14.2. The maximum atomic E-state index is 13.9. The highest BCUT2D eigenvalue weighted by Gasteiger charge is 2.41. The number of morpholine rings is 1. The number of piperidine rings is 1. The second-order valence-corrected chi connectivity index (χ2v) is 12.9. The number of ether oxygens (including phenoxy) is 1. The van der Waals surface area contributed by atoms with E-state index in [-0.39, 0.29) is 27.9 Å². The summed E-state index contributed by atoms with van der Waals surface area (Å²) in [6.45, 7) is 15.0. The molecule has 1 N–H and O–H groups in total. The number of amides is 1. The van der Waals surface area contributed by atoms with Gasteiger partial charge in [-0.05, 0) is 71.1 Å².